The van der Waals surface area contributed by atoms with Crippen molar-refractivity contribution in [3.05, 3.63) is 52.9 Å². The second-order valence-corrected chi connectivity index (χ2v) is 6.78. The van der Waals surface area contributed by atoms with Gasteiger partial charge in [-0.15, -0.1) is 11.3 Å². The van der Waals surface area contributed by atoms with Gasteiger partial charge in [-0.2, -0.15) is 8.42 Å². The maximum absolute atomic E-state index is 11.3. The standard InChI is InChI=1S/C13H8N4O3S2/c14-17-16-10-6-5-8(22(18,19)20)7-9(10)13-15-11-3-1-2-4-12(11)21-13/h1-7H,(H,18,19,20). The van der Waals surface area contributed by atoms with Crippen LogP contribution in [-0.2, 0) is 10.1 Å². The highest BCUT2D eigenvalue weighted by Crippen LogP contribution is 2.37. The molecule has 110 valence electrons. The van der Waals surface area contributed by atoms with Crippen molar-refractivity contribution in [3.8, 4) is 10.6 Å². The van der Waals surface area contributed by atoms with Gasteiger partial charge in [-0.1, -0.05) is 23.3 Å². The minimum Gasteiger partial charge on any atom is -0.282 e. The van der Waals surface area contributed by atoms with Gasteiger partial charge in [-0.05, 0) is 29.8 Å². The molecule has 0 atom stereocenters. The molecule has 0 aliphatic rings. The lowest BCUT2D eigenvalue weighted by molar-refractivity contribution is 0.483. The third kappa shape index (κ3) is 2.66. The van der Waals surface area contributed by atoms with Gasteiger partial charge < -0.3 is 0 Å². The maximum Gasteiger partial charge on any atom is 0.294 e. The molecule has 22 heavy (non-hydrogen) atoms. The molecule has 0 spiro atoms. The Balaban J connectivity index is 2.28. The molecule has 0 radical (unpaired) electrons. The van der Waals surface area contributed by atoms with Crippen molar-refractivity contribution >= 4 is 37.4 Å². The van der Waals surface area contributed by atoms with E-state index < -0.39 is 10.1 Å². The Bertz CT molecular complexity index is 988. The van der Waals surface area contributed by atoms with Gasteiger partial charge in [-0.25, -0.2) is 4.98 Å². The van der Waals surface area contributed by atoms with E-state index in [1.54, 1.807) is 0 Å². The number of fused-ring (bicyclic) bond motifs is 1. The second-order valence-electron chi connectivity index (χ2n) is 4.33. The van der Waals surface area contributed by atoms with Gasteiger partial charge in [0.2, 0.25) is 0 Å². The first-order valence-corrected chi connectivity index (χ1v) is 8.27. The smallest absolute Gasteiger partial charge is 0.282 e. The van der Waals surface area contributed by atoms with E-state index in [1.165, 1.54) is 29.5 Å². The number of hydrogen-bond acceptors (Lipinski definition) is 5. The number of aromatic nitrogens is 1. The molecule has 1 aromatic heterocycles. The Labute approximate surface area is 129 Å². The van der Waals surface area contributed by atoms with Crippen LogP contribution in [0.5, 0.6) is 0 Å². The van der Waals surface area contributed by atoms with Crippen molar-refractivity contribution < 1.29 is 13.0 Å². The summed E-state index contributed by atoms with van der Waals surface area (Å²) in [5.74, 6) is 0. The molecule has 0 aliphatic carbocycles. The Hall–Kier alpha value is -2.45. The van der Waals surface area contributed by atoms with E-state index in [9.17, 15) is 13.0 Å². The third-order valence-corrected chi connectivity index (χ3v) is 4.86. The SMILES string of the molecule is [N-]=[N+]=Nc1ccc(S(=O)(=O)O)cc1-c1nc2ccccc2s1. The molecule has 0 unspecified atom stereocenters. The second kappa shape index (κ2) is 5.39. The molecule has 0 saturated heterocycles. The predicted octanol–water partition coefficient (Wildman–Crippen LogP) is 4.15. The Kier molecular flexibility index (Phi) is 3.55. The topological polar surface area (TPSA) is 116 Å². The molecule has 9 heteroatoms. The van der Waals surface area contributed by atoms with E-state index in [1.807, 2.05) is 24.3 Å². The maximum atomic E-state index is 11.3. The van der Waals surface area contributed by atoms with Crippen LogP contribution < -0.4 is 0 Å². The van der Waals surface area contributed by atoms with Crippen LogP contribution in [0.3, 0.4) is 0 Å². The van der Waals surface area contributed by atoms with Crippen molar-refractivity contribution in [3.63, 3.8) is 0 Å². The van der Waals surface area contributed by atoms with Crippen LogP contribution >= 0.6 is 11.3 Å². The summed E-state index contributed by atoms with van der Waals surface area (Å²) >= 11 is 1.34. The van der Waals surface area contributed by atoms with Gasteiger partial charge in [-0.3, -0.25) is 4.55 Å². The number of benzene rings is 2. The summed E-state index contributed by atoms with van der Waals surface area (Å²) in [4.78, 5) is 6.86. The molecule has 3 aromatic rings. The zero-order chi connectivity index (χ0) is 15.7. The Morgan fingerprint density at radius 2 is 2.00 bits per heavy atom. The molecule has 1 N–H and O–H groups in total. The summed E-state index contributed by atoms with van der Waals surface area (Å²) in [5, 5.41) is 4.06. The number of hydrogen-bond donors (Lipinski definition) is 1. The average Bonchev–Trinajstić information content (AvgIpc) is 2.90. The Morgan fingerprint density at radius 1 is 1.23 bits per heavy atom. The number of nitrogens with zero attached hydrogens (tertiary/aromatic N) is 4. The fraction of sp³-hybridized carbons (Fsp3) is 0. The van der Waals surface area contributed by atoms with E-state index in [-0.39, 0.29) is 10.6 Å². The molecule has 3 rings (SSSR count). The van der Waals surface area contributed by atoms with Gasteiger partial charge in [0.05, 0.1) is 15.1 Å². The van der Waals surface area contributed by atoms with Gasteiger partial charge in [0.15, 0.2) is 0 Å². The number of para-hydroxylation sites is 1. The highest BCUT2D eigenvalue weighted by molar-refractivity contribution is 7.85. The van der Waals surface area contributed by atoms with E-state index >= 15 is 0 Å². The molecular formula is C13H8N4O3S2. The molecule has 1 heterocycles. The summed E-state index contributed by atoms with van der Waals surface area (Å²) in [5.41, 5.74) is 9.99. The summed E-state index contributed by atoms with van der Waals surface area (Å²) < 4.78 is 32.7. The number of thiazole rings is 1. The lowest BCUT2D eigenvalue weighted by Crippen LogP contribution is -1.97. The monoisotopic (exact) mass is 332 g/mol. The van der Waals surface area contributed by atoms with Crippen molar-refractivity contribution in [2.24, 2.45) is 5.11 Å². The lowest BCUT2D eigenvalue weighted by atomic mass is 10.2. The summed E-state index contributed by atoms with van der Waals surface area (Å²) in [6, 6.07) is 11.2. The first-order valence-electron chi connectivity index (χ1n) is 6.01. The van der Waals surface area contributed by atoms with Crippen molar-refractivity contribution in [2.45, 2.75) is 4.90 Å². The van der Waals surface area contributed by atoms with Gasteiger partial charge >= 0.3 is 0 Å². The molecule has 0 saturated carbocycles. The Morgan fingerprint density at radius 3 is 2.68 bits per heavy atom. The van der Waals surface area contributed by atoms with Crippen LogP contribution in [-0.4, -0.2) is 18.0 Å². The van der Waals surface area contributed by atoms with Crippen molar-refractivity contribution in [1.82, 2.24) is 4.98 Å². The normalized spacial score (nSPS) is 11.3. The van der Waals surface area contributed by atoms with E-state index in [0.29, 0.717) is 10.6 Å². The molecule has 0 fully saturated rings. The molecule has 0 amide bonds. The summed E-state index contributed by atoms with van der Waals surface area (Å²) in [6.07, 6.45) is 0. The zero-order valence-corrected chi connectivity index (χ0v) is 12.5. The summed E-state index contributed by atoms with van der Waals surface area (Å²) in [6.45, 7) is 0. The fourth-order valence-corrected chi connectivity index (χ4v) is 3.47. The van der Waals surface area contributed by atoms with Crippen molar-refractivity contribution in [2.75, 3.05) is 0 Å². The highest BCUT2D eigenvalue weighted by Gasteiger charge is 2.16. The fourth-order valence-electron chi connectivity index (χ4n) is 1.97. The minimum absolute atomic E-state index is 0.244. The first-order chi connectivity index (χ1) is 10.5. The quantitative estimate of drug-likeness (QED) is 0.335. The molecule has 2 aromatic carbocycles. The van der Waals surface area contributed by atoms with Crippen LogP contribution in [0.25, 0.3) is 31.2 Å². The number of rotatable bonds is 3. The zero-order valence-electron chi connectivity index (χ0n) is 10.9. The largest absolute Gasteiger partial charge is 0.294 e. The minimum atomic E-state index is -4.35. The average molecular weight is 332 g/mol. The van der Waals surface area contributed by atoms with Crippen LogP contribution in [0.4, 0.5) is 5.69 Å². The van der Waals surface area contributed by atoms with Gasteiger partial charge in [0, 0.05) is 16.2 Å². The van der Waals surface area contributed by atoms with E-state index in [2.05, 4.69) is 15.0 Å². The lowest BCUT2D eigenvalue weighted by Gasteiger charge is -2.04. The number of azide groups is 1. The summed E-state index contributed by atoms with van der Waals surface area (Å²) in [7, 11) is -4.35. The predicted molar refractivity (Wildman–Crippen MR) is 83.7 cm³/mol. The van der Waals surface area contributed by atoms with Gasteiger partial charge in [0.1, 0.15) is 5.01 Å². The van der Waals surface area contributed by atoms with Gasteiger partial charge in [0.25, 0.3) is 10.1 Å². The molecule has 0 aliphatic heterocycles. The highest BCUT2D eigenvalue weighted by atomic mass is 32.2. The van der Waals surface area contributed by atoms with Crippen LogP contribution in [0.2, 0.25) is 0 Å². The van der Waals surface area contributed by atoms with Crippen LogP contribution in [0.15, 0.2) is 52.5 Å². The molecule has 0 bridgehead atoms. The third-order valence-electron chi connectivity index (χ3n) is 2.94. The van der Waals surface area contributed by atoms with Crippen LogP contribution in [0, 0.1) is 0 Å². The van der Waals surface area contributed by atoms with Crippen LogP contribution in [0.1, 0.15) is 0 Å². The first kappa shape index (κ1) is 14.5. The van der Waals surface area contributed by atoms with E-state index in [4.69, 9.17) is 5.53 Å². The van der Waals surface area contributed by atoms with Crippen molar-refractivity contribution in [1.29, 1.82) is 0 Å². The molecular weight excluding hydrogens is 324 g/mol. The molecule has 7 nitrogen and oxygen atoms in total. The van der Waals surface area contributed by atoms with E-state index in [0.717, 1.165) is 10.2 Å².